The summed E-state index contributed by atoms with van der Waals surface area (Å²) in [6, 6.07) is 21.3. The van der Waals surface area contributed by atoms with Crippen LogP contribution < -0.4 is 5.32 Å². The second-order valence-electron chi connectivity index (χ2n) is 6.94. The Kier molecular flexibility index (Phi) is 4.40. The second kappa shape index (κ2) is 7.36. The Hall–Kier alpha value is -4.13. The normalized spacial score (nSPS) is 11.1. The summed E-state index contributed by atoms with van der Waals surface area (Å²) in [7, 11) is 1.62. The molecule has 0 radical (unpaired) electrons. The fourth-order valence-corrected chi connectivity index (χ4v) is 3.51. The van der Waals surface area contributed by atoms with Gasteiger partial charge in [-0.2, -0.15) is 0 Å². The van der Waals surface area contributed by atoms with E-state index in [1.165, 1.54) is 0 Å². The number of carbonyl (C=O) groups excluding carboxylic acids is 1. The summed E-state index contributed by atoms with van der Waals surface area (Å²) in [5.41, 5.74) is 5.77. The molecule has 7 heteroatoms. The van der Waals surface area contributed by atoms with Crippen molar-refractivity contribution in [1.82, 2.24) is 30.3 Å². The van der Waals surface area contributed by atoms with Crippen LogP contribution in [0.4, 0.5) is 0 Å². The lowest BCUT2D eigenvalue weighted by Gasteiger charge is -2.07. The molecule has 0 spiro atoms. The first kappa shape index (κ1) is 17.9. The molecule has 0 bridgehead atoms. The molecule has 0 fully saturated rings. The SMILES string of the molecule is CNC(=O)c1ccc(-c2ccc3nnn(Cc4cccc5cccnc45)c3n2)cc1. The van der Waals surface area contributed by atoms with E-state index >= 15 is 0 Å². The minimum absolute atomic E-state index is 0.115. The molecule has 3 heterocycles. The Bertz CT molecular complexity index is 1370. The van der Waals surface area contributed by atoms with Gasteiger partial charge in [0.15, 0.2) is 5.65 Å². The van der Waals surface area contributed by atoms with Crippen molar-refractivity contribution in [3.63, 3.8) is 0 Å². The highest BCUT2D eigenvalue weighted by atomic mass is 16.1. The minimum atomic E-state index is -0.115. The number of rotatable bonds is 4. The smallest absolute Gasteiger partial charge is 0.251 e. The molecule has 0 saturated heterocycles. The van der Waals surface area contributed by atoms with E-state index in [4.69, 9.17) is 4.98 Å². The van der Waals surface area contributed by atoms with Gasteiger partial charge in [0.05, 0.1) is 17.8 Å². The number of benzene rings is 2. The predicted molar refractivity (Wildman–Crippen MR) is 115 cm³/mol. The van der Waals surface area contributed by atoms with Crippen LogP contribution in [0.5, 0.6) is 0 Å². The van der Waals surface area contributed by atoms with Gasteiger partial charge in [0, 0.05) is 29.8 Å². The van der Waals surface area contributed by atoms with Crippen LogP contribution >= 0.6 is 0 Å². The second-order valence-corrected chi connectivity index (χ2v) is 6.94. The molecule has 146 valence electrons. The van der Waals surface area contributed by atoms with Crippen molar-refractivity contribution in [2.45, 2.75) is 6.54 Å². The third-order valence-electron chi connectivity index (χ3n) is 5.07. The minimum Gasteiger partial charge on any atom is -0.355 e. The van der Waals surface area contributed by atoms with Crippen molar-refractivity contribution >= 4 is 28.0 Å². The maximum Gasteiger partial charge on any atom is 0.251 e. The lowest BCUT2D eigenvalue weighted by Crippen LogP contribution is -2.17. The van der Waals surface area contributed by atoms with Gasteiger partial charge in [0.25, 0.3) is 5.91 Å². The highest BCUT2D eigenvalue weighted by molar-refractivity contribution is 5.94. The van der Waals surface area contributed by atoms with Gasteiger partial charge in [-0.05, 0) is 35.9 Å². The fraction of sp³-hybridized carbons (Fsp3) is 0.0870. The van der Waals surface area contributed by atoms with Crippen LogP contribution in [0.15, 0.2) is 72.9 Å². The largest absolute Gasteiger partial charge is 0.355 e. The zero-order valence-electron chi connectivity index (χ0n) is 16.3. The third kappa shape index (κ3) is 3.16. The standard InChI is InChI=1S/C23H18N6O/c1-24-23(30)17-9-7-15(8-10-17)19-11-12-20-22(26-19)29(28-27-20)14-18-5-2-4-16-6-3-13-25-21(16)18/h2-13H,14H2,1H3,(H,24,30). The van der Waals surface area contributed by atoms with Gasteiger partial charge in [-0.3, -0.25) is 9.78 Å². The lowest BCUT2D eigenvalue weighted by atomic mass is 10.1. The van der Waals surface area contributed by atoms with Gasteiger partial charge < -0.3 is 5.32 Å². The average Bonchev–Trinajstić information content (AvgIpc) is 3.21. The van der Waals surface area contributed by atoms with Gasteiger partial charge in [-0.15, -0.1) is 5.10 Å². The van der Waals surface area contributed by atoms with Crippen molar-refractivity contribution < 1.29 is 4.79 Å². The summed E-state index contributed by atoms with van der Waals surface area (Å²) in [4.78, 5) is 21.1. The van der Waals surface area contributed by atoms with Gasteiger partial charge in [-0.1, -0.05) is 41.6 Å². The van der Waals surface area contributed by atoms with E-state index in [1.807, 2.05) is 54.6 Å². The molecule has 1 N–H and O–H groups in total. The van der Waals surface area contributed by atoms with Crippen LogP contribution in [0.25, 0.3) is 33.3 Å². The van der Waals surface area contributed by atoms with Crippen molar-refractivity contribution in [3.05, 3.63) is 84.1 Å². The van der Waals surface area contributed by atoms with Crippen LogP contribution in [0.1, 0.15) is 15.9 Å². The molecule has 5 rings (SSSR count). The van der Waals surface area contributed by atoms with E-state index in [-0.39, 0.29) is 5.91 Å². The summed E-state index contributed by atoms with van der Waals surface area (Å²) < 4.78 is 1.79. The number of amides is 1. The van der Waals surface area contributed by atoms with Gasteiger partial charge in [0.1, 0.15) is 5.52 Å². The third-order valence-corrected chi connectivity index (χ3v) is 5.07. The number of carbonyl (C=O) groups is 1. The number of aromatic nitrogens is 5. The molecular weight excluding hydrogens is 376 g/mol. The summed E-state index contributed by atoms with van der Waals surface area (Å²) in [5, 5.41) is 12.3. The number of fused-ring (bicyclic) bond motifs is 2. The quantitative estimate of drug-likeness (QED) is 0.505. The Balaban J connectivity index is 1.52. The average molecular weight is 394 g/mol. The fourth-order valence-electron chi connectivity index (χ4n) is 3.51. The Labute approximate surface area is 172 Å². The first-order valence-electron chi connectivity index (χ1n) is 9.58. The number of nitrogens with zero attached hydrogens (tertiary/aromatic N) is 5. The molecule has 7 nitrogen and oxygen atoms in total. The zero-order chi connectivity index (χ0) is 20.5. The van der Waals surface area contributed by atoms with Crippen molar-refractivity contribution in [2.24, 2.45) is 0 Å². The number of pyridine rings is 2. The molecule has 0 saturated carbocycles. The van der Waals surface area contributed by atoms with E-state index in [0.29, 0.717) is 17.8 Å². The number of para-hydroxylation sites is 1. The summed E-state index contributed by atoms with van der Waals surface area (Å²) in [6.45, 7) is 0.525. The highest BCUT2D eigenvalue weighted by Crippen LogP contribution is 2.22. The molecule has 0 aliphatic carbocycles. The van der Waals surface area contributed by atoms with Crippen LogP contribution in [0.2, 0.25) is 0 Å². The van der Waals surface area contributed by atoms with Crippen LogP contribution in [0.3, 0.4) is 0 Å². The summed E-state index contributed by atoms with van der Waals surface area (Å²) in [6.07, 6.45) is 1.80. The molecule has 2 aromatic carbocycles. The zero-order valence-corrected chi connectivity index (χ0v) is 16.3. The first-order chi connectivity index (χ1) is 14.7. The van der Waals surface area contributed by atoms with Gasteiger partial charge >= 0.3 is 0 Å². The number of hydrogen-bond acceptors (Lipinski definition) is 5. The molecular formula is C23H18N6O. The Morgan fingerprint density at radius 3 is 2.67 bits per heavy atom. The topological polar surface area (TPSA) is 85.6 Å². The van der Waals surface area contributed by atoms with Crippen molar-refractivity contribution in [1.29, 1.82) is 0 Å². The number of nitrogens with one attached hydrogen (secondary N) is 1. The van der Waals surface area contributed by atoms with E-state index in [2.05, 4.69) is 20.6 Å². The molecule has 0 aliphatic heterocycles. The molecule has 5 aromatic rings. The van der Waals surface area contributed by atoms with Gasteiger partial charge in [-0.25, -0.2) is 9.67 Å². The molecule has 0 unspecified atom stereocenters. The predicted octanol–water partition coefficient (Wildman–Crippen LogP) is 3.45. The Morgan fingerprint density at radius 2 is 1.83 bits per heavy atom. The monoisotopic (exact) mass is 394 g/mol. The molecule has 30 heavy (non-hydrogen) atoms. The summed E-state index contributed by atoms with van der Waals surface area (Å²) >= 11 is 0. The molecule has 0 atom stereocenters. The maximum absolute atomic E-state index is 11.8. The van der Waals surface area contributed by atoms with E-state index in [1.54, 1.807) is 30.1 Å². The van der Waals surface area contributed by atoms with Crippen LogP contribution in [-0.4, -0.2) is 37.9 Å². The van der Waals surface area contributed by atoms with Crippen LogP contribution in [0, 0.1) is 0 Å². The lowest BCUT2D eigenvalue weighted by molar-refractivity contribution is 0.0963. The Morgan fingerprint density at radius 1 is 1.00 bits per heavy atom. The van der Waals surface area contributed by atoms with E-state index in [0.717, 1.165) is 33.2 Å². The van der Waals surface area contributed by atoms with Gasteiger partial charge in [0.2, 0.25) is 0 Å². The van der Waals surface area contributed by atoms with Crippen molar-refractivity contribution in [3.8, 4) is 11.3 Å². The van der Waals surface area contributed by atoms with E-state index in [9.17, 15) is 4.79 Å². The first-order valence-corrected chi connectivity index (χ1v) is 9.58. The molecule has 3 aromatic heterocycles. The van der Waals surface area contributed by atoms with E-state index < -0.39 is 0 Å². The molecule has 1 amide bonds. The number of hydrogen-bond donors (Lipinski definition) is 1. The highest BCUT2D eigenvalue weighted by Gasteiger charge is 2.11. The summed E-state index contributed by atoms with van der Waals surface area (Å²) in [5.74, 6) is -0.115. The van der Waals surface area contributed by atoms with Crippen LogP contribution in [-0.2, 0) is 6.54 Å². The van der Waals surface area contributed by atoms with Crippen molar-refractivity contribution in [2.75, 3.05) is 7.05 Å². The molecule has 0 aliphatic rings. The maximum atomic E-state index is 11.8.